The number of nitrogens with zero attached hydrogens (tertiary/aromatic N) is 3. The second-order valence-electron chi connectivity index (χ2n) is 9.14. The van der Waals surface area contributed by atoms with E-state index in [1.807, 2.05) is 29.6 Å². The van der Waals surface area contributed by atoms with E-state index in [0.717, 1.165) is 26.5 Å². The molecule has 1 N–H and O–H groups in total. The molecule has 10 heteroatoms. The normalized spacial score (nSPS) is 15.3. The Labute approximate surface area is 206 Å². The number of thiazole rings is 1. The molecule has 2 aromatic heterocycles. The largest absolute Gasteiger partial charge is 0.444 e. The predicted octanol–water partition coefficient (Wildman–Crippen LogP) is 3.95. The summed E-state index contributed by atoms with van der Waals surface area (Å²) < 4.78 is 6.36. The summed E-state index contributed by atoms with van der Waals surface area (Å²) in [4.78, 5) is 46.5. The van der Waals surface area contributed by atoms with Crippen molar-refractivity contribution >= 4 is 56.3 Å². The highest BCUT2D eigenvalue weighted by Gasteiger charge is 2.31. The smallest absolute Gasteiger partial charge is 0.408 e. The summed E-state index contributed by atoms with van der Waals surface area (Å²) in [5.74, 6) is -0.112. The number of fused-ring (bicyclic) bond motifs is 1. The summed E-state index contributed by atoms with van der Waals surface area (Å²) in [6.07, 6.45) is 0.666. The summed E-state index contributed by atoms with van der Waals surface area (Å²) in [7, 11) is 0. The van der Waals surface area contributed by atoms with Gasteiger partial charge in [0, 0.05) is 43.0 Å². The minimum absolute atomic E-state index is 0.112. The van der Waals surface area contributed by atoms with E-state index in [1.54, 1.807) is 54.4 Å². The van der Waals surface area contributed by atoms with E-state index in [0.29, 0.717) is 38.2 Å². The molecule has 3 aromatic rings. The molecule has 1 unspecified atom stereocenters. The third-order valence-corrected chi connectivity index (χ3v) is 7.35. The van der Waals surface area contributed by atoms with Crippen LogP contribution in [0.2, 0.25) is 0 Å². The van der Waals surface area contributed by atoms with E-state index in [1.165, 1.54) is 0 Å². The van der Waals surface area contributed by atoms with Crippen LogP contribution in [0.1, 0.15) is 36.0 Å². The Balaban J connectivity index is 1.41. The number of hydrogen-bond donors (Lipinski definition) is 1. The van der Waals surface area contributed by atoms with E-state index in [4.69, 9.17) is 9.72 Å². The maximum Gasteiger partial charge on any atom is 0.408 e. The van der Waals surface area contributed by atoms with Crippen molar-refractivity contribution in [1.82, 2.24) is 15.2 Å². The van der Waals surface area contributed by atoms with E-state index in [2.05, 4.69) is 10.2 Å². The fourth-order valence-corrected chi connectivity index (χ4v) is 5.57. The molecule has 1 aliphatic rings. The number of aldehydes is 1. The molecule has 3 heterocycles. The first-order chi connectivity index (χ1) is 16.2. The van der Waals surface area contributed by atoms with Gasteiger partial charge in [-0.05, 0) is 50.4 Å². The van der Waals surface area contributed by atoms with Crippen molar-refractivity contribution in [2.75, 3.05) is 31.1 Å². The lowest BCUT2D eigenvalue weighted by atomic mass is 10.1. The molecular weight excluding hydrogens is 472 g/mol. The van der Waals surface area contributed by atoms with Gasteiger partial charge in [-0.1, -0.05) is 17.4 Å². The number of rotatable bonds is 6. The number of nitrogens with one attached hydrogen (secondary N) is 1. The van der Waals surface area contributed by atoms with Gasteiger partial charge in [0.05, 0.1) is 10.2 Å². The molecule has 1 fully saturated rings. The van der Waals surface area contributed by atoms with Crippen LogP contribution in [0.3, 0.4) is 0 Å². The van der Waals surface area contributed by atoms with Crippen molar-refractivity contribution in [2.24, 2.45) is 0 Å². The molecule has 180 valence electrons. The average molecular weight is 501 g/mol. The number of amides is 2. The lowest BCUT2D eigenvalue weighted by molar-refractivity contribution is -0.133. The number of benzene rings is 1. The molecule has 1 atom stereocenters. The monoisotopic (exact) mass is 500 g/mol. The number of hydrogen-bond acceptors (Lipinski definition) is 8. The van der Waals surface area contributed by atoms with Gasteiger partial charge in [-0.25, -0.2) is 9.78 Å². The van der Waals surface area contributed by atoms with Gasteiger partial charge in [0.25, 0.3) is 0 Å². The molecule has 0 bridgehead atoms. The first-order valence-electron chi connectivity index (χ1n) is 11.1. The molecule has 4 rings (SSSR count). The summed E-state index contributed by atoms with van der Waals surface area (Å²) in [5, 5.41) is 5.62. The van der Waals surface area contributed by atoms with Crippen molar-refractivity contribution in [3.8, 4) is 0 Å². The Morgan fingerprint density at radius 2 is 1.97 bits per heavy atom. The van der Waals surface area contributed by atoms with Gasteiger partial charge in [0.1, 0.15) is 17.9 Å². The molecule has 0 radical (unpaired) electrons. The number of aromatic nitrogens is 1. The second kappa shape index (κ2) is 10.1. The van der Waals surface area contributed by atoms with Crippen LogP contribution in [0.25, 0.3) is 10.2 Å². The third kappa shape index (κ3) is 5.92. The molecular formula is C24H28N4O4S2. The number of carbonyl (C=O) groups is 3. The standard InChI is InChI=1S/C24H28N4O4S2/c1-24(2,3)32-23(31)26-19(14-17-5-4-12-33-17)21(30)27-8-10-28(11-9-27)22-25-18-7-6-16(15-29)13-20(18)34-22/h4-7,12-13,15,19H,8-11,14H2,1-3H3,(H,26,31). The topological polar surface area (TPSA) is 91.8 Å². The van der Waals surface area contributed by atoms with E-state index >= 15 is 0 Å². The van der Waals surface area contributed by atoms with Gasteiger partial charge in [0.2, 0.25) is 5.91 Å². The summed E-state index contributed by atoms with van der Waals surface area (Å²) in [6.45, 7) is 7.74. The van der Waals surface area contributed by atoms with Crippen LogP contribution < -0.4 is 10.2 Å². The number of alkyl carbamates (subject to hydrolysis) is 1. The van der Waals surface area contributed by atoms with Crippen molar-refractivity contribution in [3.63, 3.8) is 0 Å². The van der Waals surface area contributed by atoms with E-state index < -0.39 is 17.7 Å². The second-order valence-corrected chi connectivity index (χ2v) is 11.2. The number of piperazine rings is 1. The number of anilines is 1. The lowest BCUT2D eigenvalue weighted by Gasteiger charge is -2.36. The van der Waals surface area contributed by atoms with Crippen LogP contribution in [-0.4, -0.2) is 66.0 Å². The quantitative estimate of drug-likeness (QED) is 0.515. The highest BCUT2D eigenvalue weighted by atomic mass is 32.1. The maximum atomic E-state index is 13.4. The molecule has 34 heavy (non-hydrogen) atoms. The third-order valence-electron chi connectivity index (χ3n) is 5.37. The van der Waals surface area contributed by atoms with E-state index in [9.17, 15) is 14.4 Å². The molecule has 2 amide bonds. The summed E-state index contributed by atoms with van der Waals surface area (Å²) in [6, 6.07) is 8.68. The van der Waals surface area contributed by atoms with Crippen LogP contribution in [0.15, 0.2) is 35.7 Å². The first-order valence-corrected chi connectivity index (χ1v) is 12.8. The van der Waals surface area contributed by atoms with Crippen LogP contribution in [0, 0.1) is 0 Å². The SMILES string of the molecule is CC(C)(C)OC(=O)NC(Cc1cccs1)C(=O)N1CCN(c2nc3ccc(C=O)cc3s2)CC1. The Kier molecular flexibility index (Phi) is 7.18. The first kappa shape index (κ1) is 24.2. The van der Waals surface area contributed by atoms with Gasteiger partial charge < -0.3 is 19.9 Å². The van der Waals surface area contributed by atoms with Gasteiger partial charge in [-0.15, -0.1) is 11.3 Å². The Morgan fingerprint density at radius 3 is 2.62 bits per heavy atom. The minimum atomic E-state index is -0.690. The molecule has 0 saturated carbocycles. The zero-order chi connectivity index (χ0) is 24.3. The zero-order valence-electron chi connectivity index (χ0n) is 19.4. The van der Waals surface area contributed by atoms with Gasteiger partial charge in [-0.2, -0.15) is 0 Å². The molecule has 1 saturated heterocycles. The van der Waals surface area contributed by atoms with Crippen molar-refractivity contribution < 1.29 is 19.1 Å². The fraction of sp³-hybridized carbons (Fsp3) is 0.417. The van der Waals surface area contributed by atoms with Gasteiger partial charge >= 0.3 is 6.09 Å². The lowest BCUT2D eigenvalue weighted by Crippen LogP contribution is -2.56. The Morgan fingerprint density at radius 1 is 1.21 bits per heavy atom. The number of carbonyl (C=O) groups excluding carboxylic acids is 3. The van der Waals surface area contributed by atoms with Gasteiger partial charge in [0.15, 0.2) is 5.13 Å². The zero-order valence-corrected chi connectivity index (χ0v) is 21.1. The predicted molar refractivity (Wildman–Crippen MR) is 135 cm³/mol. The van der Waals surface area contributed by atoms with Crippen LogP contribution in [-0.2, 0) is 16.0 Å². The number of ether oxygens (including phenoxy) is 1. The van der Waals surface area contributed by atoms with E-state index in [-0.39, 0.29) is 5.91 Å². The minimum Gasteiger partial charge on any atom is -0.444 e. The maximum absolute atomic E-state index is 13.4. The van der Waals surface area contributed by atoms with Gasteiger partial charge in [-0.3, -0.25) is 9.59 Å². The van der Waals surface area contributed by atoms with Crippen molar-refractivity contribution in [1.29, 1.82) is 0 Å². The van der Waals surface area contributed by atoms with Crippen molar-refractivity contribution in [3.05, 3.63) is 46.2 Å². The highest BCUT2D eigenvalue weighted by Crippen LogP contribution is 2.30. The molecule has 8 nitrogen and oxygen atoms in total. The molecule has 1 aromatic carbocycles. The average Bonchev–Trinajstić information content (AvgIpc) is 3.46. The Bertz CT molecular complexity index is 1160. The molecule has 1 aliphatic heterocycles. The van der Waals surface area contributed by atoms with Crippen LogP contribution >= 0.6 is 22.7 Å². The Hall–Kier alpha value is -2.98. The summed E-state index contributed by atoms with van der Waals surface area (Å²) >= 11 is 3.10. The van der Waals surface area contributed by atoms with Crippen molar-refractivity contribution in [2.45, 2.75) is 38.8 Å². The molecule has 0 spiro atoms. The highest BCUT2D eigenvalue weighted by molar-refractivity contribution is 7.22. The van der Waals surface area contributed by atoms with Crippen LogP contribution in [0.4, 0.5) is 9.93 Å². The number of thiophene rings is 1. The summed E-state index contributed by atoms with van der Waals surface area (Å²) in [5.41, 5.74) is 0.852. The van der Waals surface area contributed by atoms with Crippen LogP contribution in [0.5, 0.6) is 0 Å². The fourth-order valence-electron chi connectivity index (χ4n) is 3.76. The molecule has 0 aliphatic carbocycles.